The van der Waals surface area contributed by atoms with Crippen molar-refractivity contribution >= 4 is 16.5 Å². The van der Waals surface area contributed by atoms with Gasteiger partial charge in [-0.2, -0.15) is 0 Å². The maximum absolute atomic E-state index is 10.3. The number of methoxy groups -OCH3 is 1. The van der Waals surface area contributed by atoms with Crippen molar-refractivity contribution < 1.29 is 9.84 Å². The molecule has 4 nitrogen and oxygen atoms in total. The third-order valence-corrected chi connectivity index (χ3v) is 5.42. The van der Waals surface area contributed by atoms with Gasteiger partial charge >= 0.3 is 0 Å². The fourth-order valence-electron chi connectivity index (χ4n) is 3.01. The second-order valence-corrected chi connectivity index (χ2v) is 7.79. The molecule has 1 saturated carbocycles. The predicted molar refractivity (Wildman–Crippen MR) is 81.4 cm³/mol. The quantitative estimate of drug-likeness (QED) is 0.907. The van der Waals surface area contributed by atoms with Crippen LogP contribution in [0.25, 0.3) is 0 Å². The number of hydrogen-bond donors (Lipinski definition) is 1. The molecule has 5 heteroatoms. The van der Waals surface area contributed by atoms with E-state index in [1.165, 1.54) is 12.8 Å². The molecule has 0 spiro atoms. The van der Waals surface area contributed by atoms with E-state index in [-0.39, 0.29) is 11.5 Å². The number of anilines is 1. The topological polar surface area (TPSA) is 45.6 Å². The van der Waals surface area contributed by atoms with Crippen LogP contribution in [0.15, 0.2) is 0 Å². The third kappa shape index (κ3) is 2.85. The summed E-state index contributed by atoms with van der Waals surface area (Å²) < 4.78 is 5.21. The zero-order chi connectivity index (χ0) is 14.3. The van der Waals surface area contributed by atoms with Gasteiger partial charge in [0.05, 0.1) is 23.3 Å². The van der Waals surface area contributed by atoms with Gasteiger partial charge in [0.1, 0.15) is 0 Å². The summed E-state index contributed by atoms with van der Waals surface area (Å²) in [6.07, 6.45) is 3.97. The summed E-state index contributed by atoms with van der Waals surface area (Å²) >= 11 is 1.68. The Labute approximate surface area is 124 Å². The second kappa shape index (κ2) is 5.28. The molecule has 1 fully saturated rings. The Balaban J connectivity index is 1.84. The third-order valence-electron chi connectivity index (χ3n) is 4.18. The molecule has 1 unspecified atom stereocenters. The van der Waals surface area contributed by atoms with Crippen LogP contribution in [0.3, 0.4) is 0 Å². The largest absolute Gasteiger partial charge is 0.387 e. The number of fused-ring (bicyclic) bond motifs is 1. The van der Waals surface area contributed by atoms with Crippen LogP contribution >= 0.6 is 11.3 Å². The second-order valence-electron chi connectivity index (χ2n) is 6.79. The van der Waals surface area contributed by atoms with Gasteiger partial charge in [-0.15, -0.1) is 0 Å². The Hall–Kier alpha value is -0.650. The van der Waals surface area contributed by atoms with Gasteiger partial charge in [-0.25, -0.2) is 4.98 Å². The summed E-state index contributed by atoms with van der Waals surface area (Å²) in [4.78, 5) is 8.29. The molecule has 0 radical (unpaired) electrons. The van der Waals surface area contributed by atoms with Crippen LogP contribution in [-0.2, 0) is 11.2 Å². The van der Waals surface area contributed by atoms with Gasteiger partial charge in [-0.3, -0.25) is 0 Å². The first kappa shape index (κ1) is 14.3. The average Bonchev–Trinajstić information content (AvgIpc) is 3.09. The molecule has 0 saturated heterocycles. The maximum atomic E-state index is 10.3. The van der Waals surface area contributed by atoms with Crippen LogP contribution in [0.1, 0.15) is 49.8 Å². The number of aliphatic hydroxyl groups is 1. The number of aliphatic hydroxyl groups excluding tert-OH is 1. The standard InChI is InChI=1S/C15H24N2O2S/c1-15(2)8-11-13(12(18)9-15)20-14(16-11)17(6-7-19-3)10-4-5-10/h10,12,18H,4-9H2,1-3H3. The van der Waals surface area contributed by atoms with Crippen LogP contribution in [0.4, 0.5) is 5.13 Å². The van der Waals surface area contributed by atoms with E-state index in [0.29, 0.717) is 6.04 Å². The molecule has 1 N–H and O–H groups in total. The smallest absolute Gasteiger partial charge is 0.186 e. The van der Waals surface area contributed by atoms with Crippen molar-refractivity contribution in [2.75, 3.05) is 25.2 Å². The first-order valence-electron chi connectivity index (χ1n) is 7.43. The average molecular weight is 296 g/mol. The monoisotopic (exact) mass is 296 g/mol. The van der Waals surface area contributed by atoms with E-state index in [2.05, 4.69) is 18.7 Å². The normalized spacial score (nSPS) is 24.5. The van der Waals surface area contributed by atoms with Crippen molar-refractivity contribution in [1.29, 1.82) is 0 Å². The highest BCUT2D eigenvalue weighted by Gasteiger charge is 2.37. The zero-order valence-electron chi connectivity index (χ0n) is 12.6. The number of ether oxygens (including phenoxy) is 1. The molecule has 1 atom stereocenters. The van der Waals surface area contributed by atoms with Gasteiger partial charge < -0.3 is 14.7 Å². The lowest BCUT2D eigenvalue weighted by Gasteiger charge is -2.31. The van der Waals surface area contributed by atoms with E-state index in [1.54, 1.807) is 18.4 Å². The molecule has 20 heavy (non-hydrogen) atoms. The van der Waals surface area contributed by atoms with Crippen LogP contribution in [-0.4, -0.2) is 36.4 Å². The lowest BCUT2D eigenvalue weighted by atomic mass is 9.77. The molecule has 0 aliphatic heterocycles. The maximum Gasteiger partial charge on any atom is 0.186 e. The molecule has 112 valence electrons. The van der Waals surface area contributed by atoms with Crippen molar-refractivity contribution in [3.63, 3.8) is 0 Å². The Morgan fingerprint density at radius 2 is 2.20 bits per heavy atom. The molecule has 1 aromatic heterocycles. The highest BCUT2D eigenvalue weighted by molar-refractivity contribution is 7.15. The molecule has 0 bridgehead atoms. The Kier molecular flexibility index (Phi) is 3.77. The van der Waals surface area contributed by atoms with Gasteiger partial charge in [0.2, 0.25) is 0 Å². The van der Waals surface area contributed by atoms with Gasteiger partial charge in [-0.05, 0) is 31.1 Å². The van der Waals surface area contributed by atoms with Gasteiger partial charge in [0.25, 0.3) is 0 Å². The fraction of sp³-hybridized carbons (Fsp3) is 0.800. The van der Waals surface area contributed by atoms with Crippen molar-refractivity contribution in [3.05, 3.63) is 10.6 Å². The summed E-state index contributed by atoms with van der Waals surface area (Å²) in [5, 5.41) is 11.4. The highest BCUT2D eigenvalue weighted by Crippen LogP contribution is 2.45. The predicted octanol–water partition coefficient (Wildman–Crippen LogP) is 2.76. The van der Waals surface area contributed by atoms with Crippen LogP contribution in [0.5, 0.6) is 0 Å². The first-order valence-corrected chi connectivity index (χ1v) is 8.25. The minimum absolute atomic E-state index is 0.148. The highest BCUT2D eigenvalue weighted by atomic mass is 32.1. The number of thiazole rings is 1. The summed E-state index contributed by atoms with van der Waals surface area (Å²) in [6.45, 7) is 6.05. The van der Waals surface area contributed by atoms with Gasteiger partial charge in [-0.1, -0.05) is 25.2 Å². The van der Waals surface area contributed by atoms with E-state index in [1.807, 2.05) is 0 Å². The van der Waals surface area contributed by atoms with E-state index in [9.17, 15) is 5.11 Å². The lowest BCUT2D eigenvalue weighted by Crippen LogP contribution is -2.29. The molecule has 1 heterocycles. The molecule has 0 aromatic carbocycles. The van der Waals surface area contributed by atoms with Crippen molar-refractivity contribution in [1.82, 2.24) is 4.98 Å². The van der Waals surface area contributed by atoms with Crippen LogP contribution < -0.4 is 4.90 Å². The van der Waals surface area contributed by atoms with E-state index < -0.39 is 0 Å². The summed E-state index contributed by atoms with van der Waals surface area (Å²) in [7, 11) is 1.74. The number of aromatic nitrogens is 1. The zero-order valence-corrected chi connectivity index (χ0v) is 13.4. The molecule has 0 amide bonds. The summed E-state index contributed by atoms with van der Waals surface area (Å²) in [5.74, 6) is 0. The minimum Gasteiger partial charge on any atom is -0.387 e. The van der Waals surface area contributed by atoms with Crippen molar-refractivity contribution in [2.45, 2.75) is 51.7 Å². The molecule has 1 aromatic rings. The molecular formula is C15H24N2O2S. The summed E-state index contributed by atoms with van der Waals surface area (Å²) in [5.41, 5.74) is 1.26. The number of nitrogens with zero attached hydrogens (tertiary/aromatic N) is 2. The van der Waals surface area contributed by atoms with Crippen LogP contribution in [0, 0.1) is 5.41 Å². The van der Waals surface area contributed by atoms with E-state index >= 15 is 0 Å². The Bertz CT molecular complexity index is 482. The minimum atomic E-state index is -0.344. The van der Waals surface area contributed by atoms with Crippen LogP contribution in [0.2, 0.25) is 0 Å². The molecule has 2 aliphatic carbocycles. The Morgan fingerprint density at radius 3 is 2.85 bits per heavy atom. The van der Waals surface area contributed by atoms with Gasteiger partial charge in [0, 0.05) is 19.7 Å². The first-order chi connectivity index (χ1) is 9.50. The Morgan fingerprint density at radius 1 is 1.45 bits per heavy atom. The molecule has 2 aliphatic rings. The van der Waals surface area contributed by atoms with Gasteiger partial charge in [0.15, 0.2) is 5.13 Å². The summed E-state index contributed by atoms with van der Waals surface area (Å²) in [6, 6.07) is 0.628. The lowest BCUT2D eigenvalue weighted by molar-refractivity contribution is 0.102. The molecule has 3 rings (SSSR count). The van der Waals surface area contributed by atoms with E-state index in [0.717, 1.165) is 41.7 Å². The van der Waals surface area contributed by atoms with Crippen molar-refractivity contribution in [3.8, 4) is 0 Å². The molecular weight excluding hydrogens is 272 g/mol. The van der Waals surface area contributed by atoms with E-state index in [4.69, 9.17) is 9.72 Å². The van der Waals surface area contributed by atoms with Crippen molar-refractivity contribution in [2.24, 2.45) is 5.41 Å². The number of rotatable bonds is 5. The SMILES string of the molecule is COCCN(c1nc2c(s1)C(O)CC(C)(C)C2)C1CC1. The fourth-order valence-corrected chi connectivity index (χ4v) is 4.18. The number of hydrogen-bond acceptors (Lipinski definition) is 5.